The lowest BCUT2D eigenvalue weighted by Crippen LogP contribution is -2.21. The predicted octanol–water partition coefficient (Wildman–Crippen LogP) is 9.55. The van der Waals surface area contributed by atoms with Crippen LogP contribution in [0.15, 0.2) is 117 Å². The summed E-state index contributed by atoms with van der Waals surface area (Å²) in [6.07, 6.45) is 1.43. The van der Waals surface area contributed by atoms with E-state index in [1.165, 1.54) is 17.0 Å². The van der Waals surface area contributed by atoms with Crippen LogP contribution in [0.1, 0.15) is 38.5 Å². The highest BCUT2D eigenvalue weighted by atomic mass is 32.2. The summed E-state index contributed by atoms with van der Waals surface area (Å²) < 4.78 is 16.3. The van der Waals surface area contributed by atoms with Crippen molar-refractivity contribution in [2.24, 2.45) is 20.5 Å². The molecule has 0 radical (unpaired) electrons. The summed E-state index contributed by atoms with van der Waals surface area (Å²) in [5.74, 6) is 0.743. The number of carbonyl (C=O) groups is 1. The molecule has 1 aliphatic rings. The zero-order valence-electron chi connectivity index (χ0n) is 26.8. The SMILES string of the molecule is C=CC(=O)OCCCCOc1ccc(C(O)Oc2ccc(N=Nc3cc4c(s3)NC(N=Nc3ccc(N(CC)CC)cc3)S4)cc2)cc1. The second kappa shape index (κ2) is 17.4. The molecule has 0 fully saturated rings. The van der Waals surface area contributed by atoms with Crippen LogP contribution in [0.4, 0.5) is 27.1 Å². The lowest BCUT2D eigenvalue weighted by atomic mass is 10.2. The van der Waals surface area contributed by atoms with Crippen LogP contribution >= 0.6 is 23.1 Å². The van der Waals surface area contributed by atoms with Gasteiger partial charge < -0.3 is 29.5 Å². The number of carbonyl (C=O) groups excluding carboxylic acids is 1. The maximum atomic E-state index is 11.0. The number of hydrogen-bond acceptors (Lipinski definition) is 13. The number of anilines is 2. The zero-order chi connectivity index (χ0) is 33.7. The summed E-state index contributed by atoms with van der Waals surface area (Å²) in [5.41, 5.74) is 3.06. The van der Waals surface area contributed by atoms with Gasteiger partial charge in [0, 0.05) is 35.3 Å². The monoisotopic (exact) mass is 686 g/mol. The zero-order valence-corrected chi connectivity index (χ0v) is 28.5. The van der Waals surface area contributed by atoms with Gasteiger partial charge in [0.2, 0.25) is 6.29 Å². The highest BCUT2D eigenvalue weighted by Crippen LogP contribution is 2.48. The van der Waals surface area contributed by atoms with Gasteiger partial charge in [-0.1, -0.05) is 29.7 Å². The molecule has 11 nitrogen and oxygen atoms in total. The maximum absolute atomic E-state index is 11.0. The average molecular weight is 687 g/mol. The van der Waals surface area contributed by atoms with Crippen molar-refractivity contribution < 1.29 is 24.1 Å². The minimum absolute atomic E-state index is 0.188. The summed E-state index contributed by atoms with van der Waals surface area (Å²) in [4.78, 5) is 14.4. The van der Waals surface area contributed by atoms with E-state index in [1.54, 1.807) is 60.3 Å². The molecule has 1 aliphatic heterocycles. The van der Waals surface area contributed by atoms with Crippen molar-refractivity contribution in [2.45, 2.75) is 43.4 Å². The number of rotatable bonds is 17. The van der Waals surface area contributed by atoms with Crippen molar-refractivity contribution in [3.8, 4) is 11.5 Å². The number of thiophene rings is 1. The van der Waals surface area contributed by atoms with Crippen LogP contribution in [0.2, 0.25) is 0 Å². The standard InChI is InChI=1S/C35H38N6O5S2/c1-4-32(42)45-22-8-7-21-44-28-17-9-24(10-18-28)34(43)46-29-19-13-26(14-20-29)37-39-31-23-30-33(48-31)36-35(47-30)40-38-25-11-15-27(16-12-25)41(5-2)6-3/h4,9-20,23,34-36,43H,1,5-8,21-22H2,2-3H3. The van der Waals surface area contributed by atoms with E-state index >= 15 is 0 Å². The normalized spacial score (nSPS) is 14.4. The number of aliphatic hydroxyl groups excluding tert-OH is 1. The number of hydrogen-bond donors (Lipinski definition) is 2. The number of nitrogens with one attached hydrogen (secondary N) is 1. The van der Waals surface area contributed by atoms with Crippen LogP contribution in [-0.4, -0.2) is 42.9 Å². The second-order valence-corrected chi connectivity index (χ2v) is 12.6. The molecular formula is C35H38N6O5S2. The molecule has 0 amide bonds. The fraction of sp³-hybridized carbons (Fsp3) is 0.286. The molecule has 0 saturated carbocycles. The van der Waals surface area contributed by atoms with E-state index in [0.29, 0.717) is 42.4 Å². The van der Waals surface area contributed by atoms with E-state index in [4.69, 9.17) is 14.2 Å². The molecule has 13 heteroatoms. The van der Waals surface area contributed by atoms with Gasteiger partial charge in [0.15, 0.2) is 5.50 Å². The summed E-state index contributed by atoms with van der Waals surface area (Å²) in [5, 5.41) is 33.3. The molecule has 48 heavy (non-hydrogen) atoms. The molecule has 5 rings (SSSR count). The number of unbranched alkanes of at least 4 members (excludes halogenated alkanes) is 1. The third kappa shape index (κ3) is 9.89. The number of esters is 1. The van der Waals surface area contributed by atoms with Crippen LogP contribution in [0, 0.1) is 0 Å². The Balaban J connectivity index is 1.04. The second-order valence-electron chi connectivity index (χ2n) is 10.5. The van der Waals surface area contributed by atoms with E-state index in [1.807, 2.05) is 18.2 Å². The van der Waals surface area contributed by atoms with Gasteiger partial charge in [-0.15, -0.1) is 10.2 Å². The smallest absolute Gasteiger partial charge is 0.330 e. The molecular weight excluding hydrogens is 649 g/mol. The first-order chi connectivity index (χ1) is 23.4. The van der Waals surface area contributed by atoms with Crippen molar-refractivity contribution in [3.63, 3.8) is 0 Å². The van der Waals surface area contributed by atoms with Gasteiger partial charge >= 0.3 is 5.97 Å². The Hall–Kier alpha value is -4.72. The van der Waals surface area contributed by atoms with Gasteiger partial charge in [0.25, 0.3) is 0 Å². The first kappa shape index (κ1) is 34.6. The van der Waals surface area contributed by atoms with Gasteiger partial charge in [-0.25, -0.2) is 4.79 Å². The van der Waals surface area contributed by atoms with Crippen molar-refractivity contribution in [1.29, 1.82) is 0 Å². The van der Waals surface area contributed by atoms with E-state index in [-0.39, 0.29) is 5.50 Å². The third-order valence-electron chi connectivity index (χ3n) is 7.17. The molecule has 2 unspecified atom stereocenters. The van der Waals surface area contributed by atoms with Crippen molar-refractivity contribution >= 4 is 56.1 Å². The summed E-state index contributed by atoms with van der Waals surface area (Å²) in [6.45, 7) is 10.4. The number of thioether (sulfide) groups is 1. The number of fused-ring (bicyclic) bond motifs is 1. The van der Waals surface area contributed by atoms with E-state index < -0.39 is 12.3 Å². The number of ether oxygens (including phenoxy) is 3. The van der Waals surface area contributed by atoms with Gasteiger partial charge in [-0.3, -0.25) is 0 Å². The highest BCUT2D eigenvalue weighted by molar-refractivity contribution is 8.00. The first-order valence-electron chi connectivity index (χ1n) is 15.7. The van der Waals surface area contributed by atoms with Gasteiger partial charge in [-0.05, 0) is 106 Å². The van der Waals surface area contributed by atoms with Crippen molar-refractivity contribution in [3.05, 3.63) is 97.1 Å². The number of azo groups is 2. The van der Waals surface area contributed by atoms with Crippen LogP contribution in [0.3, 0.4) is 0 Å². The predicted molar refractivity (Wildman–Crippen MR) is 191 cm³/mol. The Labute approximate surface area is 288 Å². The lowest BCUT2D eigenvalue weighted by Gasteiger charge is -2.20. The first-order valence-corrected chi connectivity index (χ1v) is 17.3. The van der Waals surface area contributed by atoms with Gasteiger partial charge in [0.1, 0.15) is 21.5 Å². The largest absolute Gasteiger partial charge is 0.494 e. The molecule has 1 aromatic heterocycles. The van der Waals surface area contributed by atoms with Crippen molar-refractivity contribution in [2.75, 3.05) is 36.5 Å². The minimum Gasteiger partial charge on any atom is -0.494 e. The molecule has 250 valence electrons. The number of aliphatic hydroxyl groups is 1. The Morgan fingerprint density at radius 3 is 2.29 bits per heavy atom. The molecule has 0 aliphatic carbocycles. The topological polar surface area (TPSA) is 130 Å². The lowest BCUT2D eigenvalue weighted by molar-refractivity contribution is -0.137. The van der Waals surface area contributed by atoms with Crippen molar-refractivity contribution in [1.82, 2.24) is 0 Å². The molecule has 2 heterocycles. The molecule has 3 aromatic carbocycles. The average Bonchev–Trinajstić information content (AvgIpc) is 3.68. The summed E-state index contributed by atoms with van der Waals surface area (Å²) in [7, 11) is 0. The Kier molecular flexibility index (Phi) is 12.6. The Morgan fingerprint density at radius 1 is 0.938 bits per heavy atom. The van der Waals surface area contributed by atoms with Crippen LogP contribution < -0.4 is 19.7 Å². The number of benzene rings is 3. The maximum Gasteiger partial charge on any atom is 0.330 e. The fourth-order valence-corrected chi connectivity index (χ4v) is 6.67. The summed E-state index contributed by atoms with van der Waals surface area (Å²) in [6, 6.07) is 24.2. The molecule has 0 spiro atoms. The van der Waals surface area contributed by atoms with E-state index in [0.717, 1.165) is 46.2 Å². The molecule has 2 N–H and O–H groups in total. The quantitative estimate of drug-likeness (QED) is 0.0369. The fourth-order valence-electron chi connectivity index (χ4n) is 4.60. The Bertz CT molecular complexity index is 1670. The van der Waals surface area contributed by atoms with Gasteiger partial charge in [-0.2, -0.15) is 10.2 Å². The van der Waals surface area contributed by atoms with E-state index in [9.17, 15) is 9.90 Å². The summed E-state index contributed by atoms with van der Waals surface area (Å²) >= 11 is 3.10. The van der Waals surface area contributed by atoms with Crippen LogP contribution in [0.25, 0.3) is 0 Å². The van der Waals surface area contributed by atoms with E-state index in [2.05, 4.69) is 63.2 Å². The minimum atomic E-state index is -1.15. The molecule has 0 saturated heterocycles. The van der Waals surface area contributed by atoms with Crippen LogP contribution in [0.5, 0.6) is 11.5 Å². The van der Waals surface area contributed by atoms with Gasteiger partial charge in [0.05, 0.1) is 24.6 Å². The molecule has 0 bridgehead atoms. The highest BCUT2D eigenvalue weighted by Gasteiger charge is 2.24. The Morgan fingerprint density at radius 2 is 1.60 bits per heavy atom. The molecule has 2 atom stereocenters. The van der Waals surface area contributed by atoms with Crippen LogP contribution in [-0.2, 0) is 9.53 Å². The third-order valence-corrected chi connectivity index (χ3v) is 9.26. The number of nitrogens with zero attached hydrogens (tertiary/aromatic N) is 5. The molecule has 4 aromatic rings.